The molecule has 1 aromatic heterocycles. The summed E-state index contributed by atoms with van der Waals surface area (Å²) in [5.41, 5.74) is 5.17. The Balaban J connectivity index is 2.32. The van der Waals surface area contributed by atoms with Crippen molar-refractivity contribution in [1.82, 2.24) is 9.97 Å². The molecule has 78 valence electrons. The summed E-state index contributed by atoms with van der Waals surface area (Å²) in [6.45, 7) is 4.30. The second-order valence-electron chi connectivity index (χ2n) is 3.80. The standard InChI is InChI=1S/C12H14N2S/c1-8-4-3-5-10(9(8)2)6-11-7-13-12(15)14-11/h3-5,7H,6H2,1-2H3,(H2,13,14,15). The minimum Gasteiger partial charge on any atom is -0.337 e. The van der Waals surface area contributed by atoms with Crippen molar-refractivity contribution in [2.75, 3.05) is 0 Å². The molecule has 3 heteroatoms. The molecule has 0 saturated carbocycles. The Morgan fingerprint density at radius 2 is 2.07 bits per heavy atom. The number of aromatic amines is 2. The first-order valence-electron chi connectivity index (χ1n) is 4.98. The summed E-state index contributed by atoms with van der Waals surface area (Å²) in [6.07, 6.45) is 2.84. The van der Waals surface area contributed by atoms with Crippen molar-refractivity contribution in [2.24, 2.45) is 0 Å². The third kappa shape index (κ3) is 2.18. The lowest BCUT2D eigenvalue weighted by Crippen LogP contribution is -1.93. The van der Waals surface area contributed by atoms with E-state index in [4.69, 9.17) is 12.2 Å². The van der Waals surface area contributed by atoms with Gasteiger partial charge in [-0.1, -0.05) is 18.2 Å². The van der Waals surface area contributed by atoms with Crippen LogP contribution in [-0.4, -0.2) is 9.97 Å². The lowest BCUT2D eigenvalue weighted by atomic mass is 10.0. The van der Waals surface area contributed by atoms with Crippen LogP contribution in [0, 0.1) is 18.6 Å². The van der Waals surface area contributed by atoms with E-state index < -0.39 is 0 Å². The quantitative estimate of drug-likeness (QED) is 0.745. The van der Waals surface area contributed by atoms with Gasteiger partial charge in [-0.3, -0.25) is 0 Å². The average Bonchev–Trinajstić information content (AvgIpc) is 2.59. The number of hydrogen-bond donors (Lipinski definition) is 2. The Kier molecular flexibility index (Phi) is 2.73. The Morgan fingerprint density at radius 1 is 1.27 bits per heavy atom. The van der Waals surface area contributed by atoms with Gasteiger partial charge in [-0.15, -0.1) is 0 Å². The van der Waals surface area contributed by atoms with Crippen molar-refractivity contribution in [3.8, 4) is 0 Å². The number of aryl methyl sites for hydroxylation is 1. The monoisotopic (exact) mass is 218 g/mol. The zero-order chi connectivity index (χ0) is 10.8. The van der Waals surface area contributed by atoms with Gasteiger partial charge in [0.1, 0.15) is 0 Å². The van der Waals surface area contributed by atoms with Gasteiger partial charge >= 0.3 is 0 Å². The lowest BCUT2D eigenvalue weighted by molar-refractivity contribution is 1.07. The van der Waals surface area contributed by atoms with Crippen LogP contribution in [0.25, 0.3) is 0 Å². The number of nitrogens with one attached hydrogen (secondary N) is 2. The molecule has 1 aromatic carbocycles. The molecule has 2 nitrogen and oxygen atoms in total. The first kappa shape index (κ1) is 10.2. The van der Waals surface area contributed by atoms with E-state index in [-0.39, 0.29) is 0 Å². The Labute approximate surface area is 94.4 Å². The zero-order valence-corrected chi connectivity index (χ0v) is 9.74. The van der Waals surface area contributed by atoms with Crippen molar-refractivity contribution in [2.45, 2.75) is 20.3 Å². The van der Waals surface area contributed by atoms with Gasteiger partial charge in [0.2, 0.25) is 0 Å². The number of imidazole rings is 1. The molecule has 0 aliphatic carbocycles. The number of aromatic nitrogens is 2. The first-order valence-corrected chi connectivity index (χ1v) is 5.39. The van der Waals surface area contributed by atoms with Gasteiger partial charge in [-0.2, -0.15) is 0 Å². The molecule has 0 spiro atoms. The molecule has 2 aromatic rings. The highest BCUT2D eigenvalue weighted by Crippen LogP contribution is 2.15. The molecule has 0 aliphatic rings. The van der Waals surface area contributed by atoms with Crippen LogP contribution < -0.4 is 0 Å². The van der Waals surface area contributed by atoms with E-state index in [0.29, 0.717) is 4.77 Å². The lowest BCUT2D eigenvalue weighted by Gasteiger charge is -2.06. The Morgan fingerprint density at radius 3 is 2.73 bits per heavy atom. The second kappa shape index (κ2) is 4.03. The molecule has 15 heavy (non-hydrogen) atoms. The van der Waals surface area contributed by atoms with Gasteiger partial charge in [0.15, 0.2) is 4.77 Å². The van der Waals surface area contributed by atoms with Crippen LogP contribution in [0.4, 0.5) is 0 Å². The maximum absolute atomic E-state index is 5.00. The maximum Gasteiger partial charge on any atom is 0.174 e. The molecule has 0 aliphatic heterocycles. The maximum atomic E-state index is 5.00. The zero-order valence-electron chi connectivity index (χ0n) is 8.92. The van der Waals surface area contributed by atoms with Crippen LogP contribution in [0.3, 0.4) is 0 Å². The van der Waals surface area contributed by atoms with E-state index in [1.165, 1.54) is 16.7 Å². The minimum absolute atomic E-state index is 0.690. The van der Waals surface area contributed by atoms with Gasteiger partial charge in [0, 0.05) is 18.3 Å². The summed E-state index contributed by atoms with van der Waals surface area (Å²) >= 11 is 5.00. The molecular formula is C12H14N2S. The van der Waals surface area contributed by atoms with Crippen molar-refractivity contribution in [3.05, 3.63) is 51.6 Å². The Bertz CT molecular complexity index is 522. The molecule has 0 unspecified atom stereocenters. The fraction of sp³-hybridized carbons (Fsp3) is 0.250. The van der Waals surface area contributed by atoms with E-state index >= 15 is 0 Å². The molecule has 0 saturated heterocycles. The van der Waals surface area contributed by atoms with Gasteiger partial charge in [-0.25, -0.2) is 0 Å². The number of benzene rings is 1. The van der Waals surface area contributed by atoms with Gasteiger partial charge in [0.05, 0.1) is 0 Å². The number of H-pyrrole nitrogens is 2. The van der Waals surface area contributed by atoms with Crippen LogP contribution in [0.2, 0.25) is 0 Å². The molecule has 1 heterocycles. The molecule has 2 rings (SSSR count). The van der Waals surface area contributed by atoms with E-state index in [1.54, 1.807) is 0 Å². The molecule has 2 N–H and O–H groups in total. The normalized spacial score (nSPS) is 10.5. The fourth-order valence-corrected chi connectivity index (χ4v) is 1.86. The van der Waals surface area contributed by atoms with E-state index in [0.717, 1.165) is 12.1 Å². The summed E-state index contributed by atoms with van der Waals surface area (Å²) in [5.74, 6) is 0. The fourth-order valence-electron chi connectivity index (χ4n) is 1.67. The van der Waals surface area contributed by atoms with E-state index in [1.807, 2.05) is 6.20 Å². The predicted molar refractivity (Wildman–Crippen MR) is 64.7 cm³/mol. The molecule has 0 fully saturated rings. The topological polar surface area (TPSA) is 31.6 Å². The summed E-state index contributed by atoms with van der Waals surface area (Å²) in [7, 11) is 0. The third-order valence-electron chi connectivity index (χ3n) is 2.75. The molecular weight excluding hydrogens is 204 g/mol. The SMILES string of the molecule is Cc1cccc(Cc2c[nH]c(=S)[nH]2)c1C. The highest BCUT2D eigenvalue weighted by Gasteiger charge is 2.02. The summed E-state index contributed by atoms with van der Waals surface area (Å²) in [6, 6.07) is 6.39. The second-order valence-corrected chi connectivity index (χ2v) is 4.21. The number of hydrogen-bond acceptors (Lipinski definition) is 1. The van der Waals surface area contributed by atoms with Gasteiger partial charge in [0.25, 0.3) is 0 Å². The largest absolute Gasteiger partial charge is 0.337 e. The van der Waals surface area contributed by atoms with Gasteiger partial charge < -0.3 is 9.97 Å². The van der Waals surface area contributed by atoms with E-state index in [2.05, 4.69) is 42.0 Å². The first-order chi connectivity index (χ1) is 7.16. The van der Waals surface area contributed by atoms with Crippen LogP contribution in [0.5, 0.6) is 0 Å². The molecule has 0 atom stereocenters. The summed E-state index contributed by atoms with van der Waals surface area (Å²) in [5, 5.41) is 0. The van der Waals surface area contributed by atoms with Crippen molar-refractivity contribution < 1.29 is 0 Å². The molecule has 0 amide bonds. The smallest absolute Gasteiger partial charge is 0.174 e. The van der Waals surface area contributed by atoms with E-state index in [9.17, 15) is 0 Å². The third-order valence-corrected chi connectivity index (χ3v) is 2.97. The number of rotatable bonds is 2. The highest BCUT2D eigenvalue weighted by atomic mass is 32.1. The van der Waals surface area contributed by atoms with Crippen molar-refractivity contribution in [1.29, 1.82) is 0 Å². The van der Waals surface area contributed by atoms with Crippen LogP contribution >= 0.6 is 12.2 Å². The van der Waals surface area contributed by atoms with Crippen LogP contribution in [-0.2, 0) is 6.42 Å². The van der Waals surface area contributed by atoms with Gasteiger partial charge in [-0.05, 0) is 42.8 Å². The summed E-state index contributed by atoms with van der Waals surface area (Å²) < 4.78 is 0.690. The molecule has 0 radical (unpaired) electrons. The van der Waals surface area contributed by atoms with Crippen LogP contribution in [0.1, 0.15) is 22.4 Å². The van der Waals surface area contributed by atoms with Crippen molar-refractivity contribution >= 4 is 12.2 Å². The average molecular weight is 218 g/mol. The predicted octanol–water partition coefficient (Wildman–Crippen LogP) is 3.28. The summed E-state index contributed by atoms with van der Waals surface area (Å²) in [4.78, 5) is 6.11. The minimum atomic E-state index is 0.690. The van der Waals surface area contributed by atoms with Crippen molar-refractivity contribution in [3.63, 3.8) is 0 Å². The molecule has 0 bridgehead atoms. The van der Waals surface area contributed by atoms with Crippen LogP contribution in [0.15, 0.2) is 24.4 Å². The Hall–Kier alpha value is -1.35. The highest BCUT2D eigenvalue weighted by molar-refractivity contribution is 7.71.